The molecule has 1 rings (SSSR count). The van der Waals surface area contributed by atoms with Gasteiger partial charge in [-0.3, -0.25) is 0 Å². The zero-order valence-corrected chi connectivity index (χ0v) is 8.15. The average Bonchev–Trinajstić information content (AvgIpc) is 2.17. The van der Waals surface area contributed by atoms with Gasteiger partial charge >= 0.3 is 6.68 Å². The van der Waals surface area contributed by atoms with Crippen LogP contribution in [0.4, 0.5) is 13.2 Å². The normalized spacial score (nSPS) is 14.1. The Hall–Kier alpha value is -1.07. The van der Waals surface area contributed by atoms with E-state index in [2.05, 4.69) is 0 Å². The Morgan fingerprint density at radius 3 is 1.73 bits per heavy atom. The number of benzene rings is 1. The van der Waals surface area contributed by atoms with Gasteiger partial charge in [0.25, 0.3) is 0 Å². The molecule has 0 fully saturated rings. The third kappa shape index (κ3) is 6.93. The maximum atomic E-state index is 9.67. The number of aliphatic hydroxyl groups excluding tert-OH is 2. The third-order valence-electron chi connectivity index (χ3n) is 1.60. The van der Waals surface area contributed by atoms with Crippen molar-refractivity contribution >= 4 is 0 Å². The zero-order valence-electron chi connectivity index (χ0n) is 8.15. The fraction of sp³-hybridized carbons (Fsp3) is 0.400. The van der Waals surface area contributed by atoms with Gasteiger partial charge in [0.15, 0.2) is 0 Å². The summed E-state index contributed by atoms with van der Waals surface area (Å²) in [5, 5.41) is 18.4. The fourth-order valence-corrected chi connectivity index (χ4v) is 0.929. The maximum absolute atomic E-state index is 9.67. The molecule has 0 saturated carbocycles. The van der Waals surface area contributed by atoms with Gasteiger partial charge in [-0.05, 0) is 12.5 Å². The smallest absolute Gasteiger partial charge is 0.379 e. The number of aliphatic hydroxyl groups is 2. The summed E-state index contributed by atoms with van der Waals surface area (Å²) < 4.78 is 29.0. The van der Waals surface area contributed by atoms with Crippen LogP contribution >= 0.6 is 0 Å². The second-order valence-electron chi connectivity index (χ2n) is 2.84. The highest BCUT2D eigenvalue weighted by Crippen LogP contribution is 2.15. The lowest BCUT2D eigenvalue weighted by atomic mass is 10.1. The molecule has 0 bridgehead atoms. The molecule has 5 heteroatoms. The third-order valence-corrected chi connectivity index (χ3v) is 1.60. The fourth-order valence-electron chi connectivity index (χ4n) is 0.929. The molecule has 0 saturated heterocycles. The summed E-state index contributed by atoms with van der Waals surface area (Å²) >= 11 is 0. The molecule has 0 spiro atoms. The maximum Gasteiger partial charge on any atom is 0.379 e. The molecule has 1 aromatic rings. The number of alkyl halides is 3. The monoisotopic (exact) mass is 222 g/mol. The van der Waals surface area contributed by atoms with E-state index in [9.17, 15) is 18.3 Å². The largest absolute Gasteiger partial charge is 0.390 e. The van der Waals surface area contributed by atoms with Crippen molar-refractivity contribution in [3.63, 3.8) is 0 Å². The number of rotatable bonds is 2. The Morgan fingerprint density at radius 2 is 1.40 bits per heavy atom. The van der Waals surface area contributed by atoms with Crippen molar-refractivity contribution in [3.05, 3.63) is 35.9 Å². The molecule has 86 valence electrons. The molecule has 0 aliphatic heterocycles. The average molecular weight is 222 g/mol. The van der Waals surface area contributed by atoms with E-state index < -0.39 is 18.9 Å². The van der Waals surface area contributed by atoms with E-state index in [0.717, 1.165) is 5.56 Å². The van der Waals surface area contributed by atoms with Gasteiger partial charge in [-0.15, -0.1) is 0 Å². The topological polar surface area (TPSA) is 40.5 Å². The number of hydrogen-bond acceptors (Lipinski definition) is 2. The Morgan fingerprint density at radius 1 is 1.00 bits per heavy atom. The minimum atomic E-state index is -3.67. The highest BCUT2D eigenvalue weighted by Gasteiger charge is 2.11. The SMILES string of the molecule is CC(O)C(O)c1ccccc1.FC(F)F. The standard InChI is InChI=1S/C9H12O2.CHF3/c1-7(10)9(11)8-5-3-2-4-6-8;2-1(3)4/h2-7,9-11H,1H3;1H. The van der Waals surface area contributed by atoms with E-state index in [0.29, 0.717) is 0 Å². The highest BCUT2D eigenvalue weighted by atomic mass is 19.4. The second kappa shape index (κ2) is 7.25. The van der Waals surface area contributed by atoms with Crippen LogP contribution in [0.1, 0.15) is 18.6 Å². The Labute approximate surface area is 86.0 Å². The van der Waals surface area contributed by atoms with Crippen LogP contribution in [-0.2, 0) is 0 Å². The zero-order chi connectivity index (χ0) is 11.8. The summed E-state index contributed by atoms with van der Waals surface area (Å²) in [4.78, 5) is 0. The molecule has 2 nitrogen and oxygen atoms in total. The van der Waals surface area contributed by atoms with Crippen molar-refractivity contribution < 1.29 is 23.4 Å². The van der Waals surface area contributed by atoms with Crippen molar-refractivity contribution in [1.29, 1.82) is 0 Å². The molecule has 0 radical (unpaired) electrons. The van der Waals surface area contributed by atoms with Crippen LogP contribution in [0.2, 0.25) is 0 Å². The summed E-state index contributed by atoms with van der Waals surface area (Å²) in [6, 6.07) is 9.12. The van der Waals surface area contributed by atoms with E-state index in [-0.39, 0.29) is 0 Å². The highest BCUT2D eigenvalue weighted by molar-refractivity contribution is 5.17. The van der Waals surface area contributed by atoms with Crippen LogP contribution in [0.25, 0.3) is 0 Å². The summed E-state index contributed by atoms with van der Waals surface area (Å²) in [7, 11) is 0. The lowest BCUT2D eigenvalue weighted by molar-refractivity contribution is 0.00819. The molecule has 0 aromatic heterocycles. The quantitative estimate of drug-likeness (QED) is 0.805. The van der Waals surface area contributed by atoms with Crippen molar-refractivity contribution in [2.24, 2.45) is 0 Å². The molecule has 2 atom stereocenters. The van der Waals surface area contributed by atoms with E-state index in [1.165, 1.54) is 0 Å². The van der Waals surface area contributed by atoms with Crippen LogP contribution in [-0.4, -0.2) is 23.0 Å². The van der Waals surface area contributed by atoms with Crippen LogP contribution in [0, 0.1) is 0 Å². The van der Waals surface area contributed by atoms with E-state index in [4.69, 9.17) is 5.11 Å². The first-order valence-corrected chi connectivity index (χ1v) is 4.28. The molecule has 15 heavy (non-hydrogen) atoms. The van der Waals surface area contributed by atoms with Gasteiger partial charge in [-0.2, -0.15) is 13.2 Å². The van der Waals surface area contributed by atoms with Gasteiger partial charge in [0.2, 0.25) is 0 Å². The Kier molecular flexibility index (Phi) is 6.73. The van der Waals surface area contributed by atoms with Gasteiger partial charge in [-0.1, -0.05) is 30.3 Å². The van der Waals surface area contributed by atoms with Gasteiger partial charge < -0.3 is 10.2 Å². The summed E-state index contributed by atoms with van der Waals surface area (Å²) in [6.07, 6.45) is -1.48. The van der Waals surface area contributed by atoms with Crippen molar-refractivity contribution in [2.75, 3.05) is 0 Å². The second-order valence-corrected chi connectivity index (χ2v) is 2.84. The lowest BCUT2D eigenvalue weighted by Gasteiger charge is -2.12. The lowest BCUT2D eigenvalue weighted by Crippen LogP contribution is -2.13. The molecule has 1 aromatic carbocycles. The van der Waals surface area contributed by atoms with Crippen LogP contribution < -0.4 is 0 Å². The molecule has 2 N–H and O–H groups in total. The summed E-state index contributed by atoms with van der Waals surface area (Å²) in [6.45, 7) is -2.10. The minimum Gasteiger partial charge on any atom is -0.390 e. The Balaban J connectivity index is 0.000000423. The van der Waals surface area contributed by atoms with E-state index >= 15 is 0 Å². The van der Waals surface area contributed by atoms with Crippen molar-refractivity contribution in [2.45, 2.75) is 25.8 Å². The predicted molar refractivity (Wildman–Crippen MR) is 50.2 cm³/mol. The first-order valence-electron chi connectivity index (χ1n) is 4.28. The van der Waals surface area contributed by atoms with Gasteiger partial charge in [0.05, 0.1) is 6.10 Å². The first-order chi connectivity index (χ1) is 6.95. The number of halogens is 3. The van der Waals surface area contributed by atoms with Crippen LogP contribution in [0.3, 0.4) is 0 Å². The Bertz CT molecular complexity index is 249. The predicted octanol–water partition coefficient (Wildman–Crippen LogP) is 2.28. The van der Waals surface area contributed by atoms with Crippen LogP contribution in [0.5, 0.6) is 0 Å². The minimum absolute atomic E-state index is 0.711. The van der Waals surface area contributed by atoms with E-state index in [1.807, 2.05) is 18.2 Å². The molecular weight excluding hydrogens is 209 g/mol. The summed E-state index contributed by atoms with van der Waals surface area (Å²) in [5.41, 5.74) is 0.752. The molecule has 0 amide bonds. The van der Waals surface area contributed by atoms with Gasteiger partial charge in [-0.25, -0.2) is 0 Å². The molecule has 0 aliphatic rings. The van der Waals surface area contributed by atoms with Gasteiger partial charge in [0.1, 0.15) is 6.10 Å². The molecule has 0 heterocycles. The van der Waals surface area contributed by atoms with Crippen molar-refractivity contribution in [1.82, 2.24) is 0 Å². The summed E-state index contributed by atoms with van der Waals surface area (Å²) in [5.74, 6) is 0. The van der Waals surface area contributed by atoms with Crippen LogP contribution in [0.15, 0.2) is 30.3 Å². The van der Waals surface area contributed by atoms with E-state index in [1.54, 1.807) is 19.1 Å². The molecule has 0 aliphatic carbocycles. The molecule has 2 unspecified atom stereocenters. The number of hydrogen-bond donors (Lipinski definition) is 2. The molecular formula is C10H13F3O2. The van der Waals surface area contributed by atoms with Gasteiger partial charge in [0, 0.05) is 0 Å². The first kappa shape index (κ1) is 13.9. The van der Waals surface area contributed by atoms with Crippen molar-refractivity contribution in [3.8, 4) is 0 Å².